The van der Waals surface area contributed by atoms with Gasteiger partial charge in [-0.05, 0) is 45.7 Å². The van der Waals surface area contributed by atoms with Gasteiger partial charge in [-0.2, -0.15) is 0 Å². The molecule has 1 unspecified atom stereocenters. The average molecular weight is 513 g/mol. The number of carbonyl (C=O) groups is 5. The van der Waals surface area contributed by atoms with Crippen molar-refractivity contribution in [2.24, 2.45) is 0 Å². The first-order chi connectivity index (χ1) is 16.8. The highest BCUT2D eigenvalue weighted by atomic mass is 32.2. The van der Waals surface area contributed by atoms with Crippen LogP contribution in [0.5, 0.6) is 0 Å². The van der Waals surface area contributed by atoms with Gasteiger partial charge in [-0.3, -0.25) is 19.2 Å². The number of carbonyl (C=O) groups excluding carboxylic acids is 4. The number of nitrogens with one attached hydrogen (secondary N) is 3. The van der Waals surface area contributed by atoms with Crippen molar-refractivity contribution in [3.63, 3.8) is 0 Å². The minimum absolute atomic E-state index is 0.176. The van der Waals surface area contributed by atoms with E-state index in [4.69, 9.17) is 0 Å². The molecule has 2 aliphatic heterocycles. The van der Waals surface area contributed by atoms with Crippen molar-refractivity contribution in [1.29, 1.82) is 0 Å². The summed E-state index contributed by atoms with van der Waals surface area (Å²) in [6, 6.07) is 5.56. The standard InChI is InChI=1S/C25H28N4O6S/c1-11-15(13(3)30)12(2)26-16(11)20(31)27-17(14-9-7-6-8-10-14)21(32)28-18-22(33)29-19(24(34)35)25(4,5)36-23(18)29/h6-10,17-19,23,26H,1-5H3,(H,27,31)(H,28,32)(H,34,35)/t17?,18-,19+,23-/m1/s1. The van der Waals surface area contributed by atoms with E-state index in [0.717, 1.165) is 0 Å². The van der Waals surface area contributed by atoms with Gasteiger partial charge < -0.3 is 25.6 Å². The molecule has 11 heteroatoms. The van der Waals surface area contributed by atoms with Gasteiger partial charge in [0, 0.05) is 16.0 Å². The van der Waals surface area contributed by atoms with Crippen LogP contribution in [0.2, 0.25) is 0 Å². The van der Waals surface area contributed by atoms with Gasteiger partial charge in [-0.1, -0.05) is 30.3 Å². The number of rotatable bonds is 7. The van der Waals surface area contributed by atoms with E-state index in [1.807, 2.05) is 0 Å². The van der Waals surface area contributed by atoms with Gasteiger partial charge in [-0.25, -0.2) is 4.79 Å². The molecule has 4 rings (SSSR count). The molecule has 0 bridgehead atoms. The van der Waals surface area contributed by atoms with Crippen LogP contribution >= 0.6 is 11.8 Å². The number of hydrogen-bond donors (Lipinski definition) is 4. The van der Waals surface area contributed by atoms with Crippen molar-refractivity contribution >= 4 is 41.2 Å². The maximum Gasteiger partial charge on any atom is 0.327 e. The molecule has 3 amide bonds. The molecule has 36 heavy (non-hydrogen) atoms. The monoisotopic (exact) mass is 512 g/mol. The molecular formula is C25H28N4O6S. The molecule has 190 valence electrons. The molecule has 3 heterocycles. The number of aromatic amines is 1. The number of fused-ring (bicyclic) bond motifs is 1. The predicted molar refractivity (Wildman–Crippen MR) is 133 cm³/mol. The fourth-order valence-corrected chi connectivity index (χ4v) is 6.66. The van der Waals surface area contributed by atoms with Gasteiger partial charge in [0.15, 0.2) is 5.78 Å². The predicted octanol–water partition coefficient (Wildman–Crippen LogP) is 1.94. The van der Waals surface area contributed by atoms with Crippen LogP contribution in [0.1, 0.15) is 64.5 Å². The summed E-state index contributed by atoms with van der Waals surface area (Å²) in [6.45, 7) is 8.28. The van der Waals surface area contributed by atoms with E-state index in [-0.39, 0.29) is 11.5 Å². The highest BCUT2D eigenvalue weighted by Gasteiger charge is 2.64. The third kappa shape index (κ3) is 4.17. The molecule has 4 atom stereocenters. The summed E-state index contributed by atoms with van der Waals surface area (Å²) >= 11 is 1.32. The molecule has 0 saturated carbocycles. The smallest absolute Gasteiger partial charge is 0.327 e. The summed E-state index contributed by atoms with van der Waals surface area (Å²) in [5.41, 5.74) is 2.14. The van der Waals surface area contributed by atoms with Crippen molar-refractivity contribution in [3.8, 4) is 0 Å². The van der Waals surface area contributed by atoms with Gasteiger partial charge >= 0.3 is 5.97 Å². The number of aliphatic carboxylic acids is 1. The fourth-order valence-electron chi connectivity index (χ4n) is 5.04. The maximum atomic E-state index is 13.4. The lowest BCUT2D eigenvalue weighted by Crippen LogP contribution is -2.71. The topological polar surface area (TPSA) is 149 Å². The first kappa shape index (κ1) is 25.5. The molecule has 1 aromatic carbocycles. The number of benzene rings is 1. The molecule has 0 aliphatic carbocycles. The number of aromatic nitrogens is 1. The molecule has 2 saturated heterocycles. The number of carboxylic acids is 1. The van der Waals surface area contributed by atoms with Gasteiger partial charge in [0.05, 0.1) is 0 Å². The first-order valence-electron chi connectivity index (χ1n) is 11.4. The van der Waals surface area contributed by atoms with Gasteiger partial charge in [0.2, 0.25) is 11.8 Å². The highest BCUT2D eigenvalue weighted by Crippen LogP contribution is 2.50. The number of thioether (sulfide) groups is 1. The van der Waals surface area contributed by atoms with E-state index in [0.29, 0.717) is 22.4 Å². The van der Waals surface area contributed by atoms with Crippen molar-refractivity contribution in [1.82, 2.24) is 20.5 Å². The Bertz CT molecular complexity index is 1270. The second-order valence-corrected chi connectivity index (χ2v) is 11.4. The number of β-lactam (4-membered cyclic amide) rings is 1. The van der Waals surface area contributed by atoms with Gasteiger partial charge in [0.25, 0.3) is 5.91 Å². The Labute approximate surface area is 212 Å². The quantitative estimate of drug-likeness (QED) is 0.327. The number of carboxylic acid groups (broad SMARTS) is 1. The number of hydrogen-bond acceptors (Lipinski definition) is 6. The largest absolute Gasteiger partial charge is 0.480 e. The van der Waals surface area contributed by atoms with Crippen LogP contribution in [0.4, 0.5) is 0 Å². The van der Waals surface area contributed by atoms with Crippen molar-refractivity contribution in [2.75, 3.05) is 0 Å². The van der Waals surface area contributed by atoms with Gasteiger partial charge in [-0.15, -0.1) is 11.8 Å². The molecule has 2 fully saturated rings. The summed E-state index contributed by atoms with van der Waals surface area (Å²) in [5.74, 6) is -2.92. The van der Waals surface area contributed by atoms with E-state index < -0.39 is 51.9 Å². The maximum absolute atomic E-state index is 13.4. The summed E-state index contributed by atoms with van der Waals surface area (Å²) in [4.78, 5) is 67.4. The lowest BCUT2D eigenvalue weighted by molar-refractivity contribution is -0.161. The molecule has 0 radical (unpaired) electrons. The zero-order valence-electron chi connectivity index (χ0n) is 20.5. The van der Waals surface area contributed by atoms with E-state index >= 15 is 0 Å². The molecule has 1 aromatic heterocycles. The Kier molecular flexibility index (Phi) is 6.46. The Balaban J connectivity index is 1.57. The highest BCUT2D eigenvalue weighted by molar-refractivity contribution is 8.01. The summed E-state index contributed by atoms with van der Waals surface area (Å²) < 4.78 is -0.726. The zero-order valence-corrected chi connectivity index (χ0v) is 21.4. The van der Waals surface area contributed by atoms with E-state index in [9.17, 15) is 29.1 Å². The van der Waals surface area contributed by atoms with Crippen molar-refractivity contribution in [3.05, 3.63) is 58.4 Å². The van der Waals surface area contributed by atoms with Crippen LogP contribution in [0.3, 0.4) is 0 Å². The first-order valence-corrected chi connectivity index (χ1v) is 12.3. The molecule has 0 spiro atoms. The number of H-pyrrole nitrogens is 1. The van der Waals surface area contributed by atoms with Crippen LogP contribution in [0, 0.1) is 13.8 Å². The molecule has 10 nitrogen and oxygen atoms in total. The van der Waals surface area contributed by atoms with Crippen LogP contribution in [-0.4, -0.2) is 66.7 Å². The summed E-state index contributed by atoms with van der Waals surface area (Å²) in [6.07, 6.45) is 0. The fraction of sp³-hybridized carbons (Fsp3) is 0.400. The van der Waals surface area contributed by atoms with Gasteiger partial charge in [0.1, 0.15) is 29.2 Å². The van der Waals surface area contributed by atoms with Crippen LogP contribution < -0.4 is 10.6 Å². The zero-order chi connectivity index (χ0) is 26.5. The minimum Gasteiger partial charge on any atom is -0.480 e. The second-order valence-electron chi connectivity index (χ2n) is 9.58. The normalized spacial score (nSPS) is 22.9. The Morgan fingerprint density at radius 3 is 2.33 bits per heavy atom. The summed E-state index contributed by atoms with van der Waals surface area (Å²) in [5, 5.41) is 14.5. The summed E-state index contributed by atoms with van der Waals surface area (Å²) in [7, 11) is 0. The molecule has 2 aromatic rings. The molecule has 4 N–H and O–H groups in total. The molecular weight excluding hydrogens is 484 g/mol. The van der Waals surface area contributed by atoms with E-state index in [1.165, 1.54) is 23.6 Å². The lowest BCUT2D eigenvalue weighted by Gasteiger charge is -2.44. The Hall–Kier alpha value is -3.60. The average Bonchev–Trinajstić information content (AvgIpc) is 3.25. The number of nitrogens with zero attached hydrogens (tertiary/aromatic N) is 1. The van der Waals surface area contributed by atoms with Crippen LogP contribution in [0.15, 0.2) is 30.3 Å². The number of aryl methyl sites for hydroxylation is 1. The van der Waals surface area contributed by atoms with E-state index in [1.54, 1.807) is 58.0 Å². The van der Waals surface area contributed by atoms with Crippen molar-refractivity contribution < 1.29 is 29.1 Å². The second kappa shape index (κ2) is 9.12. The number of Topliss-reactive ketones (excluding diaryl/α,β-unsaturated/α-hetero) is 1. The third-order valence-corrected chi connectivity index (χ3v) is 8.23. The lowest BCUT2D eigenvalue weighted by atomic mass is 9.95. The number of amides is 3. The SMILES string of the molecule is CC(=O)c1c(C)[nH]c(C(=O)NC(C(=O)N[C@@H]2C(=O)N3[C@@H]2SC(C)(C)[C@@H]3C(=O)O)c2ccccc2)c1C. The molecule has 2 aliphatic rings. The van der Waals surface area contributed by atoms with E-state index in [2.05, 4.69) is 15.6 Å². The third-order valence-electron chi connectivity index (χ3n) is 6.66. The van der Waals surface area contributed by atoms with Crippen molar-refractivity contribution in [2.45, 2.75) is 62.9 Å². The number of ketones is 1. The minimum atomic E-state index is -1.13. The van der Waals surface area contributed by atoms with Crippen LogP contribution in [-0.2, 0) is 14.4 Å². The Morgan fingerprint density at radius 2 is 1.78 bits per heavy atom. The Morgan fingerprint density at radius 1 is 1.14 bits per heavy atom. The van der Waals surface area contributed by atoms with Crippen LogP contribution in [0.25, 0.3) is 0 Å².